The Kier molecular flexibility index (Phi) is 8.24. The molecule has 0 aliphatic rings. The predicted octanol–water partition coefficient (Wildman–Crippen LogP) is 5.48. The van der Waals surface area contributed by atoms with Gasteiger partial charge in [0.1, 0.15) is 17.6 Å². The Labute approximate surface area is 183 Å². The molecule has 6 heteroatoms. The smallest absolute Gasteiger partial charge is 0.342 e. The van der Waals surface area contributed by atoms with Gasteiger partial charge in [-0.25, -0.2) is 9.78 Å². The number of rotatable bonds is 11. The Morgan fingerprint density at radius 2 is 1.81 bits per heavy atom. The van der Waals surface area contributed by atoms with Crippen molar-refractivity contribution in [3.8, 4) is 17.2 Å². The van der Waals surface area contributed by atoms with E-state index in [9.17, 15) is 4.79 Å². The minimum atomic E-state index is -0.363. The Bertz CT molecular complexity index is 950. The summed E-state index contributed by atoms with van der Waals surface area (Å²) in [6.07, 6.45) is 2.21. The molecule has 6 nitrogen and oxygen atoms in total. The van der Waals surface area contributed by atoms with Gasteiger partial charge in [-0.3, -0.25) is 4.89 Å². The Morgan fingerprint density at radius 3 is 2.52 bits per heavy atom. The molecule has 1 atom stereocenters. The quantitative estimate of drug-likeness (QED) is 0.300. The van der Waals surface area contributed by atoms with E-state index in [-0.39, 0.29) is 18.5 Å². The molecular weight excluding hydrogens is 394 g/mol. The van der Waals surface area contributed by atoms with E-state index in [2.05, 4.69) is 4.98 Å². The highest BCUT2D eigenvalue weighted by Gasteiger charge is 2.11. The number of carbonyl (C=O) groups excluding carboxylic acids is 1. The second-order valence-corrected chi connectivity index (χ2v) is 7.40. The normalized spacial score (nSPS) is 11.8. The molecule has 1 aromatic heterocycles. The molecule has 0 radical (unpaired) electrons. The van der Waals surface area contributed by atoms with Gasteiger partial charge in [0.15, 0.2) is 0 Å². The number of nitrogens with zero attached hydrogens (tertiary/aromatic N) is 1. The molecule has 0 N–H and O–H groups in total. The van der Waals surface area contributed by atoms with Crippen LogP contribution in [0.1, 0.15) is 43.7 Å². The fourth-order valence-corrected chi connectivity index (χ4v) is 2.87. The first kappa shape index (κ1) is 22.6. The summed E-state index contributed by atoms with van der Waals surface area (Å²) in [5, 5.41) is 0. The minimum absolute atomic E-state index is 0.0913. The number of oxazole rings is 1. The van der Waals surface area contributed by atoms with Gasteiger partial charge in [0.2, 0.25) is 5.89 Å². The predicted molar refractivity (Wildman–Crippen MR) is 118 cm³/mol. The molecule has 0 aliphatic carbocycles. The monoisotopic (exact) mass is 423 g/mol. The molecule has 1 unspecified atom stereocenters. The second-order valence-electron chi connectivity index (χ2n) is 7.40. The number of aromatic nitrogens is 1. The van der Waals surface area contributed by atoms with Crippen molar-refractivity contribution in [2.45, 2.75) is 52.6 Å². The first-order chi connectivity index (χ1) is 15.0. The molecule has 1 heterocycles. The third-order valence-electron chi connectivity index (χ3n) is 4.94. The van der Waals surface area contributed by atoms with Gasteiger partial charge in [-0.1, -0.05) is 37.3 Å². The number of ether oxygens (including phenoxy) is 1. The van der Waals surface area contributed by atoms with E-state index >= 15 is 0 Å². The van der Waals surface area contributed by atoms with Crippen molar-refractivity contribution in [3.63, 3.8) is 0 Å². The van der Waals surface area contributed by atoms with E-state index in [1.54, 1.807) is 0 Å². The van der Waals surface area contributed by atoms with E-state index in [0.717, 1.165) is 34.8 Å². The molecule has 31 heavy (non-hydrogen) atoms. The summed E-state index contributed by atoms with van der Waals surface area (Å²) < 4.78 is 11.6. The summed E-state index contributed by atoms with van der Waals surface area (Å²) in [5.74, 6) is 1.85. The molecule has 0 spiro atoms. The highest BCUT2D eigenvalue weighted by Crippen LogP contribution is 2.22. The van der Waals surface area contributed by atoms with Crippen molar-refractivity contribution in [2.75, 3.05) is 6.61 Å². The van der Waals surface area contributed by atoms with E-state index in [1.807, 2.05) is 75.4 Å². The maximum absolute atomic E-state index is 11.7. The van der Waals surface area contributed by atoms with Crippen LogP contribution in [0, 0.1) is 6.92 Å². The zero-order valence-electron chi connectivity index (χ0n) is 18.3. The summed E-state index contributed by atoms with van der Waals surface area (Å²) in [6.45, 7) is 6.25. The Balaban J connectivity index is 1.43. The van der Waals surface area contributed by atoms with Gasteiger partial charge in [-0.15, -0.1) is 0 Å². The Morgan fingerprint density at radius 1 is 1.06 bits per heavy atom. The average Bonchev–Trinajstić information content (AvgIpc) is 3.18. The van der Waals surface area contributed by atoms with E-state index in [4.69, 9.17) is 18.9 Å². The lowest BCUT2D eigenvalue weighted by Gasteiger charge is -2.09. The molecule has 3 aromatic rings. The van der Waals surface area contributed by atoms with Crippen LogP contribution in [0.5, 0.6) is 5.75 Å². The van der Waals surface area contributed by atoms with Gasteiger partial charge in [-0.2, -0.15) is 4.89 Å². The number of hydrogen-bond acceptors (Lipinski definition) is 6. The van der Waals surface area contributed by atoms with Crippen LogP contribution in [-0.2, 0) is 27.4 Å². The van der Waals surface area contributed by atoms with Crippen LogP contribution < -0.4 is 4.74 Å². The molecular formula is C25H29NO5. The fourth-order valence-electron chi connectivity index (χ4n) is 2.87. The largest absolute Gasteiger partial charge is 0.493 e. The number of hydrogen-bond donors (Lipinski definition) is 0. The third kappa shape index (κ3) is 6.96. The topological polar surface area (TPSA) is 70.8 Å². The van der Waals surface area contributed by atoms with Crippen LogP contribution in [0.2, 0.25) is 0 Å². The van der Waals surface area contributed by atoms with Crippen molar-refractivity contribution in [3.05, 3.63) is 71.6 Å². The lowest BCUT2D eigenvalue weighted by Crippen LogP contribution is -2.13. The second kappa shape index (κ2) is 11.3. The summed E-state index contributed by atoms with van der Waals surface area (Å²) >= 11 is 0. The number of aryl methyl sites for hydroxylation is 2. The van der Waals surface area contributed by atoms with Crippen LogP contribution >= 0.6 is 0 Å². The molecule has 0 saturated carbocycles. The summed E-state index contributed by atoms with van der Waals surface area (Å²) in [6, 6.07) is 17.6. The van der Waals surface area contributed by atoms with E-state index in [1.165, 1.54) is 0 Å². The van der Waals surface area contributed by atoms with Gasteiger partial charge in [0.25, 0.3) is 0 Å². The fraction of sp³-hybridized carbons (Fsp3) is 0.360. The van der Waals surface area contributed by atoms with Gasteiger partial charge in [-0.05, 0) is 56.5 Å². The summed E-state index contributed by atoms with van der Waals surface area (Å²) in [4.78, 5) is 26.1. The average molecular weight is 424 g/mol. The Hall–Kier alpha value is -3.12. The molecule has 0 fully saturated rings. The van der Waals surface area contributed by atoms with Gasteiger partial charge < -0.3 is 9.15 Å². The van der Waals surface area contributed by atoms with Gasteiger partial charge in [0.05, 0.1) is 18.7 Å². The molecule has 2 aromatic carbocycles. The van der Waals surface area contributed by atoms with Gasteiger partial charge >= 0.3 is 5.97 Å². The molecule has 164 valence electrons. The highest BCUT2D eigenvalue weighted by molar-refractivity contribution is 5.69. The van der Waals surface area contributed by atoms with Crippen LogP contribution in [0.25, 0.3) is 11.5 Å². The zero-order valence-corrected chi connectivity index (χ0v) is 18.3. The van der Waals surface area contributed by atoms with Crippen molar-refractivity contribution in [1.29, 1.82) is 0 Å². The van der Waals surface area contributed by atoms with Crippen molar-refractivity contribution in [2.24, 2.45) is 0 Å². The third-order valence-corrected chi connectivity index (χ3v) is 4.94. The first-order valence-electron chi connectivity index (χ1n) is 10.6. The van der Waals surface area contributed by atoms with Crippen molar-refractivity contribution >= 4 is 5.97 Å². The molecule has 0 saturated heterocycles. The van der Waals surface area contributed by atoms with Crippen LogP contribution in [0.15, 0.2) is 59.0 Å². The minimum Gasteiger partial charge on any atom is -0.493 e. The van der Waals surface area contributed by atoms with Crippen LogP contribution in [0.4, 0.5) is 0 Å². The van der Waals surface area contributed by atoms with Crippen LogP contribution in [0.3, 0.4) is 0 Å². The molecule has 0 bridgehead atoms. The SMILES string of the molecule is CCC(C)OOC(=O)CCc1ccc(OCCc2nc(-c3ccccc3)oc2C)cc1. The van der Waals surface area contributed by atoms with Gasteiger partial charge in [0, 0.05) is 12.0 Å². The molecule has 3 rings (SSSR count). The zero-order chi connectivity index (χ0) is 22.1. The van der Waals surface area contributed by atoms with Crippen LogP contribution in [-0.4, -0.2) is 23.7 Å². The van der Waals surface area contributed by atoms with Crippen molar-refractivity contribution < 1.29 is 23.7 Å². The lowest BCUT2D eigenvalue weighted by molar-refractivity contribution is -0.294. The first-order valence-corrected chi connectivity index (χ1v) is 10.6. The van der Waals surface area contributed by atoms with E-state index < -0.39 is 0 Å². The van der Waals surface area contributed by atoms with Crippen molar-refractivity contribution in [1.82, 2.24) is 4.98 Å². The number of carbonyl (C=O) groups is 1. The molecule has 0 amide bonds. The maximum Gasteiger partial charge on any atom is 0.342 e. The molecule has 0 aliphatic heterocycles. The number of benzene rings is 2. The van der Waals surface area contributed by atoms with E-state index in [0.29, 0.717) is 25.3 Å². The summed E-state index contributed by atoms with van der Waals surface area (Å²) in [5.41, 5.74) is 2.89. The maximum atomic E-state index is 11.7. The highest BCUT2D eigenvalue weighted by atomic mass is 17.2. The lowest BCUT2D eigenvalue weighted by atomic mass is 10.1. The summed E-state index contributed by atoms with van der Waals surface area (Å²) in [7, 11) is 0. The standard InChI is InChI=1S/C25H29NO5/c1-4-18(2)30-31-24(27)15-12-20-10-13-22(14-11-20)28-17-16-23-19(3)29-25(26-23)21-8-6-5-7-9-21/h5-11,13-14,18H,4,12,15-17H2,1-3H3.